The Bertz CT molecular complexity index is 2640. The molecule has 0 aliphatic carbocycles. The standard InChI is InChI=1S/C28H28P2.2C16H13Si.2Au/c1-5-15-25(16-6-1)29(26-17-7-2-8-18-26)23-13-14-24-30(27-19-9-3-10-20-27)28-21-11-4-12-22-28;2*1-4-12-8-7-10-14-13-9-5-6-11-15(13)17(2,3)16(12)14;;/h1-12,15-22H,13-14,23-24H2;2*5-11H,2-3H3;;/q;2*-1;2*+1/p+2. The van der Waals surface area contributed by atoms with E-state index in [0.29, 0.717) is 0 Å². The van der Waals surface area contributed by atoms with Crippen LogP contribution < -0.4 is 42.0 Å². The van der Waals surface area contributed by atoms with E-state index in [1.807, 2.05) is 24.3 Å². The van der Waals surface area contributed by atoms with Gasteiger partial charge in [0.25, 0.3) is 0 Å². The Morgan fingerprint density at radius 3 is 0.924 bits per heavy atom. The maximum absolute atomic E-state index is 7.47. The summed E-state index contributed by atoms with van der Waals surface area (Å²) in [6.07, 6.45) is 20.1. The van der Waals surface area contributed by atoms with Crippen LogP contribution in [-0.4, -0.2) is 28.5 Å². The molecule has 2 aliphatic rings. The Morgan fingerprint density at radius 1 is 0.348 bits per heavy atom. The van der Waals surface area contributed by atoms with Crippen molar-refractivity contribution in [3.05, 3.63) is 230 Å². The van der Waals surface area contributed by atoms with Crippen LogP contribution in [0, 0.1) is 24.7 Å². The fourth-order valence-electron chi connectivity index (χ4n) is 9.98. The second-order valence-corrected chi connectivity index (χ2v) is 31.5. The molecule has 0 radical (unpaired) electrons. The molecule has 0 bridgehead atoms. The van der Waals surface area contributed by atoms with Crippen molar-refractivity contribution >= 4 is 74.0 Å². The summed E-state index contributed by atoms with van der Waals surface area (Å²) in [6, 6.07) is 74.4. The number of benzene rings is 8. The molecular formula is C60H56Au2P2Si2+2. The zero-order valence-corrected chi connectivity index (χ0v) is 46.4. The molecule has 0 aromatic heterocycles. The Labute approximate surface area is 430 Å². The smallest absolute Gasteiger partial charge is 0.366 e. The first-order chi connectivity index (χ1) is 31.2. The third-order valence-corrected chi connectivity index (χ3v) is 26.0. The van der Waals surface area contributed by atoms with Crippen LogP contribution in [0.15, 0.2) is 206 Å². The molecule has 0 amide bonds. The normalized spacial score (nSPS) is 12.7. The summed E-state index contributed by atoms with van der Waals surface area (Å²) in [7, 11) is -4.69. The molecule has 0 unspecified atom stereocenters. The van der Waals surface area contributed by atoms with Crippen molar-refractivity contribution in [3.63, 3.8) is 0 Å². The molecule has 8 aromatic rings. The summed E-state index contributed by atoms with van der Waals surface area (Å²) in [5.41, 5.74) is 7.28. The van der Waals surface area contributed by atoms with Crippen LogP contribution in [0.25, 0.3) is 22.3 Å². The molecule has 8 aromatic carbocycles. The van der Waals surface area contributed by atoms with Crippen molar-refractivity contribution in [1.29, 1.82) is 0 Å². The fraction of sp³-hybridized carbons (Fsp3) is 0.133. The molecule has 0 fully saturated rings. The van der Waals surface area contributed by atoms with E-state index in [1.165, 1.54) is 89.4 Å². The van der Waals surface area contributed by atoms with Gasteiger partial charge >= 0.3 is 44.8 Å². The van der Waals surface area contributed by atoms with Crippen molar-refractivity contribution in [2.45, 2.75) is 39.0 Å². The van der Waals surface area contributed by atoms with Crippen molar-refractivity contribution in [2.75, 3.05) is 12.3 Å². The van der Waals surface area contributed by atoms with Crippen LogP contribution in [0.1, 0.15) is 24.0 Å². The van der Waals surface area contributed by atoms with Crippen LogP contribution in [0.3, 0.4) is 0 Å². The second-order valence-electron chi connectivity index (χ2n) is 17.7. The van der Waals surface area contributed by atoms with Gasteiger partial charge in [0.2, 0.25) is 0 Å². The van der Waals surface area contributed by atoms with E-state index in [9.17, 15) is 0 Å². The number of fused-ring (bicyclic) bond motifs is 6. The minimum atomic E-state index is -1.63. The van der Waals surface area contributed by atoms with Crippen molar-refractivity contribution < 1.29 is 44.8 Å². The summed E-state index contributed by atoms with van der Waals surface area (Å²) in [6.45, 7) is 9.44. The molecule has 66 heavy (non-hydrogen) atoms. The molecule has 0 saturated heterocycles. The van der Waals surface area contributed by atoms with Crippen molar-refractivity contribution in [1.82, 2.24) is 0 Å². The average Bonchev–Trinajstić information content (AvgIpc) is 3.74. The van der Waals surface area contributed by atoms with Gasteiger partial charge in [0.05, 0.1) is 65.5 Å². The molecule has 0 atom stereocenters. The number of rotatable bonds is 9. The molecule has 2 aliphatic heterocycles. The van der Waals surface area contributed by atoms with Gasteiger partial charge in [-0.2, -0.15) is 0 Å². The van der Waals surface area contributed by atoms with Crippen LogP contribution >= 0.6 is 15.8 Å². The maximum Gasteiger partial charge on any atom is 1.00 e. The first-order valence-corrected chi connectivity index (χ1v) is 31.9. The SMILES string of the molecule is [Au+].[Au+].[C-]#Cc1cccc2c1[Si](C)(C)c1ccccc1-2.[C-]#Cc1cccc2c1[Si](C)(C)c1ccccc1-2.c1ccc([PH+](CCCC[PH+](c2ccccc2)c2ccccc2)c2ccccc2)cc1. The molecule has 0 nitrogen and oxygen atoms in total. The van der Waals surface area contributed by atoms with Gasteiger partial charge in [-0.15, -0.1) is 33.6 Å². The quantitative estimate of drug-likeness (QED) is 0.0444. The van der Waals surface area contributed by atoms with Gasteiger partial charge in [0, 0.05) is 0 Å². The predicted octanol–water partition coefficient (Wildman–Crippen LogP) is 10.3. The predicted molar refractivity (Wildman–Crippen MR) is 290 cm³/mol. The fourth-order valence-corrected chi connectivity index (χ4v) is 22.2. The summed E-state index contributed by atoms with van der Waals surface area (Å²) < 4.78 is 0. The van der Waals surface area contributed by atoms with Crippen molar-refractivity contribution in [2.24, 2.45) is 0 Å². The molecule has 0 saturated carbocycles. The maximum atomic E-state index is 7.47. The number of hydrogen-bond acceptors (Lipinski definition) is 0. The summed E-state index contributed by atoms with van der Waals surface area (Å²) >= 11 is 0. The van der Waals surface area contributed by atoms with E-state index < -0.39 is 32.0 Å². The second kappa shape index (κ2) is 23.6. The third kappa shape index (κ3) is 11.0. The summed E-state index contributed by atoms with van der Waals surface area (Å²) in [5.74, 6) is 5.21. The topological polar surface area (TPSA) is 0 Å². The molecule has 6 heteroatoms. The van der Waals surface area contributed by atoms with E-state index in [4.69, 9.17) is 12.8 Å². The summed E-state index contributed by atoms with van der Waals surface area (Å²) in [4.78, 5) is 0. The molecular weight excluding hydrogens is 1230 g/mol. The Morgan fingerprint density at radius 2 is 0.621 bits per heavy atom. The zero-order chi connectivity index (χ0) is 44.5. The summed E-state index contributed by atoms with van der Waals surface area (Å²) in [5, 5.41) is 11.8. The molecule has 334 valence electrons. The van der Waals surface area contributed by atoms with Crippen LogP contribution in [0.5, 0.6) is 0 Å². The third-order valence-electron chi connectivity index (χ3n) is 13.0. The molecule has 10 rings (SSSR count). The van der Waals surface area contributed by atoms with Crippen LogP contribution in [0.2, 0.25) is 26.2 Å². The first kappa shape index (κ1) is 51.1. The molecule has 0 spiro atoms. The van der Waals surface area contributed by atoms with Gasteiger partial charge < -0.3 is 12.8 Å². The van der Waals surface area contributed by atoms with Gasteiger partial charge in [-0.1, -0.05) is 172 Å². The van der Waals surface area contributed by atoms with Gasteiger partial charge in [-0.3, -0.25) is 11.8 Å². The number of hydrogen-bond donors (Lipinski definition) is 0. The molecule has 0 N–H and O–H groups in total. The first-order valence-electron chi connectivity index (χ1n) is 22.5. The van der Waals surface area contributed by atoms with E-state index in [-0.39, 0.29) is 44.8 Å². The van der Waals surface area contributed by atoms with Crippen LogP contribution in [0.4, 0.5) is 0 Å². The Hall–Kier alpha value is -4.35. The van der Waals surface area contributed by atoms with Gasteiger partial charge in [-0.25, -0.2) is 0 Å². The minimum Gasteiger partial charge on any atom is -0.366 e. The minimum absolute atomic E-state index is 0. The number of unbranched alkanes of at least 4 members (excludes halogenated alkanes) is 1. The van der Waals surface area contributed by atoms with E-state index in [0.717, 1.165) is 11.1 Å². The monoisotopic (exact) mass is 1290 g/mol. The average molecular weight is 1290 g/mol. The molecule has 2 heterocycles. The largest absolute Gasteiger partial charge is 1.00 e. The Kier molecular flexibility index (Phi) is 18.2. The van der Waals surface area contributed by atoms with Crippen LogP contribution in [-0.2, 0) is 44.8 Å². The van der Waals surface area contributed by atoms with Gasteiger partial charge in [0.15, 0.2) is 0 Å². The van der Waals surface area contributed by atoms with Gasteiger partial charge in [0.1, 0.15) is 0 Å². The Balaban J connectivity index is 0.000000172. The zero-order valence-electron chi connectivity index (χ0n) is 38.1. The van der Waals surface area contributed by atoms with Crippen molar-refractivity contribution in [3.8, 4) is 34.1 Å². The van der Waals surface area contributed by atoms with E-state index in [1.54, 1.807) is 0 Å². The van der Waals surface area contributed by atoms with E-state index in [2.05, 4.69) is 220 Å². The van der Waals surface area contributed by atoms with Gasteiger partial charge in [-0.05, 0) is 94.0 Å². The van der Waals surface area contributed by atoms with E-state index >= 15 is 0 Å².